The first-order valence-corrected chi connectivity index (χ1v) is 6.19. The van der Waals surface area contributed by atoms with E-state index in [1.807, 2.05) is 13.8 Å². The van der Waals surface area contributed by atoms with Gasteiger partial charge in [0.1, 0.15) is 0 Å². The summed E-state index contributed by atoms with van der Waals surface area (Å²) in [6.07, 6.45) is 1.75. The van der Waals surface area contributed by atoms with E-state index in [1.54, 1.807) is 4.90 Å². The van der Waals surface area contributed by atoms with Crippen molar-refractivity contribution in [1.82, 2.24) is 0 Å². The molecule has 7 heteroatoms. The SMILES string of the molecule is CCCCN(CC)c1c([N+](=O)[O-])cccc1[N+](=O)[O-]. The van der Waals surface area contributed by atoms with E-state index in [4.69, 9.17) is 0 Å². The zero-order valence-corrected chi connectivity index (χ0v) is 11.0. The zero-order chi connectivity index (χ0) is 14.4. The quantitative estimate of drug-likeness (QED) is 0.559. The highest BCUT2D eigenvalue weighted by Gasteiger charge is 2.28. The summed E-state index contributed by atoms with van der Waals surface area (Å²) in [6.45, 7) is 4.89. The second-order valence-corrected chi connectivity index (χ2v) is 4.09. The van der Waals surface area contributed by atoms with Crippen LogP contribution in [0, 0.1) is 20.2 Å². The third-order valence-electron chi connectivity index (χ3n) is 2.87. The Hall–Kier alpha value is -2.18. The summed E-state index contributed by atoms with van der Waals surface area (Å²) in [5.41, 5.74) is -0.326. The normalized spacial score (nSPS) is 10.2. The second kappa shape index (κ2) is 6.67. The van der Waals surface area contributed by atoms with Gasteiger partial charge in [0.15, 0.2) is 5.69 Å². The molecule has 1 rings (SSSR count). The van der Waals surface area contributed by atoms with Crippen LogP contribution < -0.4 is 4.90 Å². The number of hydrogen-bond acceptors (Lipinski definition) is 5. The van der Waals surface area contributed by atoms with Crippen molar-refractivity contribution in [3.05, 3.63) is 38.4 Å². The highest BCUT2D eigenvalue weighted by atomic mass is 16.6. The van der Waals surface area contributed by atoms with Crippen molar-refractivity contribution in [2.45, 2.75) is 26.7 Å². The highest BCUT2D eigenvalue weighted by Crippen LogP contribution is 2.37. The number of benzene rings is 1. The molecule has 0 spiro atoms. The van der Waals surface area contributed by atoms with Crippen LogP contribution in [0.25, 0.3) is 0 Å². The second-order valence-electron chi connectivity index (χ2n) is 4.09. The van der Waals surface area contributed by atoms with E-state index >= 15 is 0 Å². The van der Waals surface area contributed by atoms with Crippen LogP contribution in [0.4, 0.5) is 17.1 Å². The number of nitrogens with zero attached hydrogens (tertiary/aromatic N) is 3. The predicted octanol–water partition coefficient (Wildman–Crippen LogP) is 3.13. The van der Waals surface area contributed by atoms with Gasteiger partial charge in [0.05, 0.1) is 9.85 Å². The summed E-state index contributed by atoms with van der Waals surface area (Å²) >= 11 is 0. The van der Waals surface area contributed by atoms with Crippen LogP contribution in [0.3, 0.4) is 0 Å². The first kappa shape index (κ1) is 14.9. The Kier molecular flexibility index (Phi) is 5.23. The number of rotatable bonds is 7. The van der Waals surface area contributed by atoms with Crippen molar-refractivity contribution >= 4 is 17.1 Å². The van der Waals surface area contributed by atoms with Gasteiger partial charge in [-0.15, -0.1) is 0 Å². The van der Waals surface area contributed by atoms with Crippen LogP contribution in [0.5, 0.6) is 0 Å². The fourth-order valence-electron chi connectivity index (χ4n) is 1.92. The summed E-state index contributed by atoms with van der Waals surface area (Å²) in [5.74, 6) is 0. The largest absolute Gasteiger partial charge is 0.361 e. The maximum atomic E-state index is 11.0. The summed E-state index contributed by atoms with van der Waals surface area (Å²) in [6, 6.07) is 3.95. The van der Waals surface area contributed by atoms with E-state index in [0.29, 0.717) is 13.1 Å². The molecular weight excluding hydrogens is 250 g/mol. The standard InChI is InChI=1S/C12H17N3O4/c1-3-5-9-13(4-2)12-10(14(16)17)7-6-8-11(12)15(18)19/h6-8H,3-5,9H2,1-2H3. The van der Waals surface area contributed by atoms with E-state index < -0.39 is 9.85 Å². The molecule has 1 aromatic rings. The van der Waals surface area contributed by atoms with Crippen LogP contribution in [-0.2, 0) is 0 Å². The molecule has 0 aromatic heterocycles. The van der Waals surface area contributed by atoms with Gasteiger partial charge in [-0.25, -0.2) is 0 Å². The average molecular weight is 267 g/mol. The van der Waals surface area contributed by atoms with Gasteiger partial charge < -0.3 is 4.90 Å². The Morgan fingerprint density at radius 1 is 1.11 bits per heavy atom. The van der Waals surface area contributed by atoms with E-state index in [9.17, 15) is 20.2 Å². The molecule has 0 fully saturated rings. The van der Waals surface area contributed by atoms with Crippen LogP contribution in [0.15, 0.2) is 18.2 Å². The van der Waals surface area contributed by atoms with E-state index in [2.05, 4.69) is 0 Å². The van der Waals surface area contributed by atoms with Gasteiger partial charge in [0, 0.05) is 25.2 Å². The monoisotopic (exact) mass is 267 g/mol. The third-order valence-corrected chi connectivity index (χ3v) is 2.87. The number of hydrogen-bond donors (Lipinski definition) is 0. The number of para-hydroxylation sites is 1. The number of anilines is 1. The summed E-state index contributed by atoms with van der Waals surface area (Å²) in [4.78, 5) is 22.6. The minimum absolute atomic E-state index is 0.105. The van der Waals surface area contributed by atoms with Crippen molar-refractivity contribution in [2.75, 3.05) is 18.0 Å². The van der Waals surface area contributed by atoms with Crippen LogP contribution >= 0.6 is 0 Å². The van der Waals surface area contributed by atoms with E-state index in [1.165, 1.54) is 18.2 Å². The van der Waals surface area contributed by atoms with E-state index in [-0.39, 0.29) is 17.1 Å². The molecule has 0 N–H and O–H groups in total. The molecule has 0 saturated heterocycles. The van der Waals surface area contributed by atoms with Crippen LogP contribution in [-0.4, -0.2) is 22.9 Å². The van der Waals surface area contributed by atoms with Gasteiger partial charge in [-0.3, -0.25) is 20.2 Å². The van der Waals surface area contributed by atoms with Gasteiger partial charge in [-0.05, 0) is 19.4 Å². The van der Waals surface area contributed by atoms with Gasteiger partial charge in [0.25, 0.3) is 11.4 Å². The van der Waals surface area contributed by atoms with Crippen LogP contribution in [0.1, 0.15) is 26.7 Å². The van der Waals surface area contributed by atoms with Crippen molar-refractivity contribution in [2.24, 2.45) is 0 Å². The molecule has 0 aliphatic heterocycles. The lowest BCUT2D eigenvalue weighted by Crippen LogP contribution is -2.25. The maximum Gasteiger partial charge on any atom is 0.299 e. The van der Waals surface area contributed by atoms with Crippen LogP contribution in [0.2, 0.25) is 0 Å². The average Bonchev–Trinajstić information content (AvgIpc) is 2.39. The fourth-order valence-corrected chi connectivity index (χ4v) is 1.92. The number of nitro groups is 2. The molecule has 0 aliphatic rings. The first-order valence-electron chi connectivity index (χ1n) is 6.19. The van der Waals surface area contributed by atoms with Gasteiger partial charge >= 0.3 is 0 Å². The molecule has 7 nitrogen and oxygen atoms in total. The predicted molar refractivity (Wildman–Crippen MR) is 72.5 cm³/mol. The minimum Gasteiger partial charge on any atom is -0.361 e. The van der Waals surface area contributed by atoms with Gasteiger partial charge in [0.2, 0.25) is 0 Å². The molecule has 104 valence electrons. The molecule has 19 heavy (non-hydrogen) atoms. The Balaban J connectivity index is 3.33. The lowest BCUT2D eigenvalue weighted by atomic mass is 10.2. The van der Waals surface area contributed by atoms with Gasteiger partial charge in [-0.2, -0.15) is 0 Å². The molecule has 0 amide bonds. The molecule has 0 saturated carbocycles. The van der Waals surface area contributed by atoms with Crippen molar-refractivity contribution in [1.29, 1.82) is 0 Å². The lowest BCUT2D eigenvalue weighted by Gasteiger charge is -2.22. The number of nitro benzene ring substituents is 2. The maximum absolute atomic E-state index is 11.0. The molecular formula is C12H17N3O4. The Morgan fingerprint density at radius 3 is 2.00 bits per heavy atom. The Bertz CT molecular complexity index is 444. The smallest absolute Gasteiger partial charge is 0.299 e. The minimum atomic E-state index is -0.572. The first-order chi connectivity index (χ1) is 9.02. The molecule has 0 aliphatic carbocycles. The lowest BCUT2D eigenvalue weighted by molar-refractivity contribution is -0.392. The Morgan fingerprint density at radius 2 is 1.63 bits per heavy atom. The Labute approximate surface area is 111 Å². The summed E-state index contributed by atoms with van der Waals surface area (Å²) in [7, 11) is 0. The third kappa shape index (κ3) is 3.40. The summed E-state index contributed by atoms with van der Waals surface area (Å²) < 4.78 is 0. The van der Waals surface area contributed by atoms with Crippen molar-refractivity contribution in [3.8, 4) is 0 Å². The van der Waals surface area contributed by atoms with Gasteiger partial charge in [-0.1, -0.05) is 13.3 Å². The van der Waals surface area contributed by atoms with Crippen molar-refractivity contribution in [3.63, 3.8) is 0 Å². The highest BCUT2D eigenvalue weighted by molar-refractivity contribution is 5.74. The van der Waals surface area contributed by atoms with E-state index in [0.717, 1.165) is 12.8 Å². The molecule has 0 atom stereocenters. The molecule has 0 bridgehead atoms. The summed E-state index contributed by atoms with van der Waals surface area (Å²) in [5, 5.41) is 22.1. The molecule has 1 aromatic carbocycles. The molecule has 0 heterocycles. The zero-order valence-electron chi connectivity index (χ0n) is 11.0. The number of unbranched alkanes of at least 4 members (excludes halogenated alkanes) is 1. The molecule has 0 unspecified atom stereocenters. The molecule has 0 radical (unpaired) electrons. The fraction of sp³-hybridized carbons (Fsp3) is 0.500. The van der Waals surface area contributed by atoms with Crippen molar-refractivity contribution < 1.29 is 9.85 Å². The topological polar surface area (TPSA) is 89.5 Å².